The normalized spacial score (nSPS) is 10.1. The number of pyridine rings is 1. The van der Waals surface area contributed by atoms with Gasteiger partial charge in [0, 0.05) is 10.7 Å². The summed E-state index contributed by atoms with van der Waals surface area (Å²) in [7, 11) is 0. The first-order valence-corrected chi connectivity index (χ1v) is 7.02. The highest BCUT2D eigenvalue weighted by Gasteiger charge is 2.11. The Hall–Kier alpha value is -1.73. The molecule has 1 aromatic heterocycles. The number of carboxylic acids is 1. The van der Waals surface area contributed by atoms with E-state index in [4.69, 9.17) is 5.11 Å². The predicted molar refractivity (Wildman–Crippen MR) is 81.0 cm³/mol. The number of carboxylic acid groups (broad SMARTS) is 1. The molecule has 1 aromatic carbocycles. The molecule has 1 amide bonds. The molecule has 7 heteroatoms. The van der Waals surface area contributed by atoms with Gasteiger partial charge >= 0.3 is 5.97 Å². The first-order chi connectivity index (χ1) is 9.47. The zero-order valence-corrected chi connectivity index (χ0v) is 13.1. The van der Waals surface area contributed by atoms with Crippen molar-refractivity contribution in [2.24, 2.45) is 0 Å². The molecule has 0 fully saturated rings. The summed E-state index contributed by atoms with van der Waals surface area (Å²) in [6.07, 6.45) is 1.42. The van der Waals surface area contributed by atoms with Crippen molar-refractivity contribution in [1.29, 1.82) is 0 Å². The monoisotopic (exact) mass is 398 g/mol. The Balaban J connectivity index is 2.25. The van der Waals surface area contributed by atoms with Crippen molar-refractivity contribution in [3.05, 3.63) is 56.7 Å². The van der Waals surface area contributed by atoms with Crippen molar-refractivity contribution < 1.29 is 14.7 Å². The number of aromatic carboxylic acids is 1. The van der Waals surface area contributed by atoms with Crippen molar-refractivity contribution in [2.75, 3.05) is 5.32 Å². The third-order valence-corrected chi connectivity index (χ3v) is 3.61. The number of nitrogens with one attached hydrogen (secondary N) is 1. The number of amides is 1. The van der Waals surface area contributed by atoms with E-state index in [-0.39, 0.29) is 11.5 Å². The van der Waals surface area contributed by atoms with Crippen LogP contribution >= 0.6 is 31.9 Å². The number of hydrogen-bond acceptors (Lipinski definition) is 3. The van der Waals surface area contributed by atoms with Crippen LogP contribution in [0.4, 0.5) is 5.69 Å². The third-order valence-electron chi connectivity index (χ3n) is 2.45. The number of aromatic nitrogens is 1. The average Bonchev–Trinajstić information content (AvgIpc) is 2.41. The SMILES string of the molecule is O=C(O)c1ccc(Br)c(NC(=O)c2ccc(Br)nc2)c1. The molecule has 0 radical (unpaired) electrons. The van der Waals surface area contributed by atoms with E-state index < -0.39 is 5.97 Å². The van der Waals surface area contributed by atoms with Gasteiger partial charge in [0.25, 0.3) is 5.91 Å². The molecule has 0 atom stereocenters. The third kappa shape index (κ3) is 3.43. The van der Waals surface area contributed by atoms with Gasteiger partial charge in [0.05, 0.1) is 16.8 Å². The number of rotatable bonds is 3. The highest BCUT2D eigenvalue weighted by Crippen LogP contribution is 2.24. The first kappa shape index (κ1) is 14.7. The second kappa shape index (κ2) is 6.15. The van der Waals surface area contributed by atoms with Crippen LogP contribution in [0.25, 0.3) is 0 Å². The second-order valence-corrected chi connectivity index (χ2v) is 5.49. The first-order valence-electron chi connectivity index (χ1n) is 5.43. The number of anilines is 1. The molecule has 20 heavy (non-hydrogen) atoms. The summed E-state index contributed by atoms with van der Waals surface area (Å²) < 4.78 is 1.23. The molecule has 0 bridgehead atoms. The highest BCUT2D eigenvalue weighted by molar-refractivity contribution is 9.10. The number of carbonyl (C=O) groups is 2. The van der Waals surface area contributed by atoms with Gasteiger partial charge in [-0.2, -0.15) is 0 Å². The minimum absolute atomic E-state index is 0.0948. The van der Waals surface area contributed by atoms with Gasteiger partial charge in [-0.3, -0.25) is 4.79 Å². The number of hydrogen-bond donors (Lipinski definition) is 2. The van der Waals surface area contributed by atoms with E-state index in [2.05, 4.69) is 42.2 Å². The molecule has 0 aliphatic rings. The molecule has 5 nitrogen and oxygen atoms in total. The molecule has 102 valence electrons. The van der Waals surface area contributed by atoms with Crippen LogP contribution in [-0.4, -0.2) is 22.0 Å². The van der Waals surface area contributed by atoms with Crippen LogP contribution in [-0.2, 0) is 0 Å². The Morgan fingerprint density at radius 3 is 2.40 bits per heavy atom. The summed E-state index contributed by atoms with van der Waals surface area (Å²) in [5.74, 6) is -1.42. The molecular weight excluding hydrogens is 392 g/mol. The topological polar surface area (TPSA) is 79.3 Å². The second-order valence-electron chi connectivity index (χ2n) is 3.82. The number of halogens is 2. The van der Waals surface area contributed by atoms with E-state index >= 15 is 0 Å². The lowest BCUT2D eigenvalue weighted by atomic mass is 10.2. The Morgan fingerprint density at radius 2 is 1.80 bits per heavy atom. The van der Waals surface area contributed by atoms with Crippen molar-refractivity contribution in [3.8, 4) is 0 Å². The molecule has 0 unspecified atom stereocenters. The van der Waals surface area contributed by atoms with E-state index in [9.17, 15) is 9.59 Å². The molecule has 2 N–H and O–H groups in total. The largest absolute Gasteiger partial charge is 0.478 e. The fourth-order valence-corrected chi connectivity index (χ4v) is 2.04. The van der Waals surface area contributed by atoms with E-state index in [0.717, 1.165) is 0 Å². The standard InChI is InChI=1S/C13H8Br2N2O3/c14-9-3-1-7(13(19)20)5-10(9)17-12(18)8-2-4-11(15)16-6-8/h1-6H,(H,17,18)(H,19,20). The summed E-state index contributed by atoms with van der Waals surface area (Å²) in [5, 5.41) is 11.6. The average molecular weight is 400 g/mol. The number of nitrogens with zero attached hydrogens (tertiary/aromatic N) is 1. The minimum atomic E-state index is -1.06. The summed E-state index contributed by atoms with van der Waals surface area (Å²) >= 11 is 6.44. The molecule has 0 saturated carbocycles. The van der Waals surface area contributed by atoms with Crippen LogP contribution < -0.4 is 5.32 Å². The zero-order chi connectivity index (χ0) is 14.7. The van der Waals surface area contributed by atoms with Gasteiger partial charge in [-0.15, -0.1) is 0 Å². The minimum Gasteiger partial charge on any atom is -0.478 e. The zero-order valence-electron chi connectivity index (χ0n) is 9.93. The molecule has 0 saturated heterocycles. The predicted octanol–water partition coefficient (Wildman–Crippen LogP) is 3.56. The summed E-state index contributed by atoms with van der Waals surface area (Å²) in [6.45, 7) is 0. The maximum Gasteiger partial charge on any atom is 0.335 e. The Labute approximate surface area is 131 Å². The summed E-state index contributed by atoms with van der Waals surface area (Å²) in [5.41, 5.74) is 0.857. The lowest BCUT2D eigenvalue weighted by Crippen LogP contribution is -2.13. The van der Waals surface area contributed by atoms with Crippen molar-refractivity contribution >= 4 is 49.4 Å². The quantitative estimate of drug-likeness (QED) is 0.773. The maximum atomic E-state index is 12.0. The van der Waals surface area contributed by atoms with Crippen LogP contribution in [0.1, 0.15) is 20.7 Å². The van der Waals surface area contributed by atoms with E-state index in [1.807, 2.05) is 0 Å². The van der Waals surface area contributed by atoms with Gasteiger partial charge in [-0.25, -0.2) is 9.78 Å². The van der Waals surface area contributed by atoms with Crippen LogP contribution in [0.2, 0.25) is 0 Å². The van der Waals surface area contributed by atoms with E-state index in [1.165, 1.54) is 18.3 Å². The summed E-state index contributed by atoms with van der Waals surface area (Å²) in [6, 6.07) is 7.66. The van der Waals surface area contributed by atoms with Crippen molar-refractivity contribution in [2.45, 2.75) is 0 Å². The molecule has 0 aliphatic heterocycles. The molecule has 1 heterocycles. The maximum absolute atomic E-state index is 12.0. The fourth-order valence-electron chi connectivity index (χ4n) is 1.46. The number of carbonyl (C=O) groups excluding carboxylic acids is 1. The van der Waals surface area contributed by atoms with Crippen LogP contribution in [0.5, 0.6) is 0 Å². The van der Waals surface area contributed by atoms with Gasteiger partial charge in [0.1, 0.15) is 4.60 Å². The molecular formula is C13H8Br2N2O3. The Bertz CT molecular complexity index is 672. The fraction of sp³-hybridized carbons (Fsp3) is 0. The van der Waals surface area contributed by atoms with Crippen LogP contribution in [0.15, 0.2) is 45.6 Å². The van der Waals surface area contributed by atoms with Crippen LogP contribution in [0.3, 0.4) is 0 Å². The van der Waals surface area contributed by atoms with Gasteiger partial charge < -0.3 is 10.4 Å². The van der Waals surface area contributed by atoms with E-state index in [0.29, 0.717) is 20.3 Å². The lowest BCUT2D eigenvalue weighted by Gasteiger charge is -2.08. The molecule has 2 aromatic rings. The van der Waals surface area contributed by atoms with Crippen molar-refractivity contribution in [1.82, 2.24) is 4.98 Å². The summed E-state index contributed by atoms with van der Waals surface area (Å²) in [4.78, 5) is 26.9. The van der Waals surface area contributed by atoms with E-state index in [1.54, 1.807) is 18.2 Å². The lowest BCUT2D eigenvalue weighted by molar-refractivity contribution is 0.0696. The van der Waals surface area contributed by atoms with Gasteiger partial charge in [-0.1, -0.05) is 0 Å². The van der Waals surface area contributed by atoms with Crippen molar-refractivity contribution in [3.63, 3.8) is 0 Å². The number of benzene rings is 1. The van der Waals surface area contributed by atoms with Crippen LogP contribution in [0, 0.1) is 0 Å². The van der Waals surface area contributed by atoms with Gasteiger partial charge in [0.2, 0.25) is 0 Å². The van der Waals surface area contributed by atoms with Gasteiger partial charge in [-0.05, 0) is 62.2 Å². The molecule has 0 aliphatic carbocycles. The molecule has 2 rings (SSSR count). The Morgan fingerprint density at radius 1 is 1.10 bits per heavy atom. The Kier molecular flexibility index (Phi) is 4.51. The smallest absolute Gasteiger partial charge is 0.335 e. The highest BCUT2D eigenvalue weighted by atomic mass is 79.9. The van der Waals surface area contributed by atoms with Gasteiger partial charge in [0.15, 0.2) is 0 Å². The molecule has 0 spiro atoms.